The summed E-state index contributed by atoms with van der Waals surface area (Å²) in [4.78, 5) is 16.0. The fourth-order valence-electron chi connectivity index (χ4n) is 4.02. The third kappa shape index (κ3) is 5.46. The quantitative estimate of drug-likeness (QED) is 0.668. The molecule has 0 unspecified atom stereocenters. The highest BCUT2D eigenvalue weighted by Crippen LogP contribution is 2.23. The van der Waals surface area contributed by atoms with Crippen LogP contribution in [0.4, 0.5) is 11.6 Å². The molecule has 4 rings (SSSR count). The molecule has 2 aromatic rings. The van der Waals surface area contributed by atoms with Crippen molar-refractivity contribution in [3.63, 3.8) is 0 Å². The Labute approximate surface area is 189 Å². The number of rotatable bonds is 5. The van der Waals surface area contributed by atoms with E-state index in [1.807, 2.05) is 13.0 Å². The van der Waals surface area contributed by atoms with Crippen LogP contribution in [0.15, 0.2) is 30.3 Å². The molecule has 1 aromatic heterocycles. The van der Waals surface area contributed by atoms with Crippen LogP contribution in [-0.2, 0) is 15.8 Å². The summed E-state index contributed by atoms with van der Waals surface area (Å²) in [5.74, 6) is 2.52. The molecule has 2 aliphatic rings. The van der Waals surface area contributed by atoms with Gasteiger partial charge in [-0.25, -0.2) is 18.4 Å². The van der Waals surface area contributed by atoms with E-state index in [2.05, 4.69) is 31.7 Å². The molecule has 31 heavy (non-hydrogen) atoms. The maximum absolute atomic E-state index is 12.9. The molecule has 2 aliphatic heterocycles. The Kier molecular flexibility index (Phi) is 6.66. The van der Waals surface area contributed by atoms with Crippen molar-refractivity contribution >= 4 is 33.3 Å². The molecule has 0 amide bonds. The molecule has 1 aromatic carbocycles. The van der Waals surface area contributed by atoms with Gasteiger partial charge in [0.2, 0.25) is 10.0 Å². The zero-order valence-electron chi connectivity index (χ0n) is 18.0. The van der Waals surface area contributed by atoms with Gasteiger partial charge < -0.3 is 14.7 Å². The Hall–Kier alpha value is -1.94. The van der Waals surface area contributed by atoms with E-state index in [-0.39, 0.29) is 5.75 Å². The number of nitrogens with zero attached hydrogens (tertiary/aromatic N) is 6. The van der Waals surface area contributed by atoms with Gasteiger partial charge in [0.25, 0.3) is 0 Å². The summed E-state index contributed by atoms with van der Waals surface area (Å²) in [5, 5.41) is 0.549. The van der Waals surface area contributed by atoms with Crippen LogP contribution in [0.3, 0.4) is 0 Å². The lowest BCUT2D eigenvalue weighted by Gasteiger charge is -2.36. The molecule has 2 fully saturated rings. The lowest BCUT2D eigenvalue weighted by Crippen LogP contribution is -2.49. The number of benzene rings is 1. The number of halogens is 1. The van der Waals surface area contributed by atoms with E-state index < -0.39 is 10.0 Å². The minimum Gasteiger partial charge on any atom is -0.354 e. The molecule has 0 N–H and O–H groups in total. The van der Waals surface area contributed by atoms with Crippen LogP contribution in [0.2, 0.25) is 5.02 Å². The van der Waals surface area contributed by atoms with Crippen LogP contribution >= 0.6 is 11.6 Å². The topological polar surface area (TPSA) is 72.9 Å². The van der Waals surface area contributed by atoms with Crippen molar-refractivity contribution < 1.29 is 8.42 Å². The molecule has 0 spiro atoms. The van der Waals surface area contributed by atoms with Crippen LogP contribution in [-0.4, -0.2) is 87.0 Å². The van der Waals surface area contributed by atoms with Crippen molar-refractivity contribution in [2.75, 3.05) is 69.2 Å². The summed E-state index contributed by atoms with van der Waals surface area (Å²) in [6.07, 6.45) is 0. The van der Waals surface area contributed by atoms with E-state index >= 15 is 0 Å². The highest BCUT2D eigenvalue weighted by molar-refractivity contribution is 7.88. The number of sulfonamides is 1. The first-order valence-corrected chi connectivity index (χ1v) is 12.6. The van der Waals surface area contributed by atoms with E-state index in [1.165, 1.54) is 0 Å². The van der Waals surface area contributed by atoms with E-state index in [4.69, 9.17) is 11.6 Å². The summed E-state index contributed by atoms with van der Waals surface area (Å²) in [5.41, 5.74) is 0.707. The summed E-state index contributed by atoms with van der Waals surface area (Å²) in [6.45, 7) is 7.92. The normalized spacial score (nSPS) is 19.1. The molecule has 0 aliphatic carbocycles. The minimum absolute atomic E-state index is 0.0340. The van der Waals surface area contributed by atoms with Crippen LogP contribution in [0.5, 0.6) is 0 Å². The largest absolute Gasteiger partial charge is 0.354 e. The molecular formula is C21H29ClN6O2S. The van der Waals surface area contributed by atoms with Crippen molar-refractivity contribution in [1.82, 2.24) is 19.2 Å². The van der Waals surface area contributed by atoms with E-state index in [0.29, 0.717) is 36.8 Å². The highest BCUT2D eigenvalue weighted by Gasteiger charge is 2.28. The van der Waals surface area contributed by atoms with Crippen molar-refractivity contribution in [2.45, 2.75) is 12.7 Å². The fourth-order valence-corrected chi connectivity index (χ4v) is 5.74. The predicted molar refractivity (Wildman–Crippen MR) is 124 cm³/mol. The van der Waals surface area contributed by atoms with Gasteiger partial charge in [0, 0.05) is 63.4 Å². The van der Waals surface area contributed by atoms with Crippen LogP contribution in [0.1, 0.15) is 11.4 Å². The maximum Gasteiger partial charge on any atom is 0.218 e. The van der Waals surface area contributed by atoms with E-state index in [1.54, 1.807) is 28.6 Å². The van der Waals surface area contributed by atoms with Gasteiger partial charge in [-0.05, 0) is 31.7 Å². The van der Waals surface area contributed by atoms with Gasteiger partial charge in [0.05, 0.1) is 5.75 Å². The van der Waals surface area contributed by atoms with Crippen LogP contribution in [0, 0.1) is 6.92 Å². The number of likely N-dealkylation sites (N-methyl/N-ethyl adjacent to an activating group) is 1. The second-order valence-electron chi connectivity index (χ2n) is 8.19. The highest BCUT2D eigenvalue weighted by atomic mass is 35.5. The van der Waals surface area contributed by atoms with E-state index in [0.717, 1.165) is 43.6 Å². The van der Waals surface area contributed by atoms with E-state index in [9.17, 15) is 8.42 Å². The third-order valence-electron chi connectivity index (χ3n) is 5.83. The van der Waals surface area contributed by atoms with Gasteiger partial charge in [-0.15, -0.1) is 0 Å². The van der Waals surface area contributed by atoms with Crippen molar-refractivity contribution in [3.05, 3.63) is 46.7 Å². The lowest BCUT2D eigenvalue weighted by molar-refractivity contribution is 0.312. The van der Waals surface area contributed by atoms with Crippen molar-refractivity contribution in [3.8, 4) is 0 Å². The molecule has 0 saturated carbocycles. The molecular weight excluding hydrogens is 436 g/mol. The number of aromatic nitrogens is 2. The maximum atomic E-state index is 12.9. The number of aryl methyl sites for hydroxylation is 1. The number of anilines is 2. The fraction of sp³-hybridized carbons (Fsp3) is 0.524. The molecule has 0 radical (unpaired) electrons. The smallest absolute Gasteiger partial charge is 0.218 e. The monoisotopic (exact) mass is 464 g/mol. The summed E-state index contributed by atoms with van der Waals surface area (Å²) in [6, 6.07) is 9.06. The molecule has 3 heterocycles. The molecule has 0 atom stereocenters. The average molecular weight is 465 g/mol. The Morgan fingerprint density at radius 2 is 1.48 bits per heavy atom. The van der Waals surface area contributed by atoms with Gasteiger partial charge in [-0.2, -0.15) is 4.31 Å². The molecule has 0 bridgehead atoms. The van der Waals surface area contributed by atoms with Crippen molar-refractivity contribution in [1.29, 1.82) is 0 Å². The number of hydrogen-bond donors (Lipinski definition) is 0. The standard InChI is InChI=1S/C21H29ClN6O2S/c1-17-23-20(26-8-6-25(2)7-9-26)15-21(24-17)27-10-12-28(13-11-27)31(29,30)16-18-4-3-5-19(22)14-18/h3-5,14-15H,6-13,16H2,1-2H3. The Morgan fingerprint density at radius 1 is 0.903 bits per heavy atom. The predicted octanol–water partition coefficient (Wildman–Crippen LogP) is 1.84. The minimum atomic E-state index is -3.40. The Morgan fingerprint density at radius 3 is 2.06 bits per heavy atom. The Balaban J connectivity index is 1.41. The average Bonchev–Trinajstić information content (AvgIpc) is 2.73. The summed E-state index contributed by atoms with van der Waals surface area (Å²) in [7, 11) is -1.26. The zero-order valence-corrected chi connectivity index (χ0v) is 19.6. The third-order valence-corrected chi connectivity index (χ3v) is 7.92. The van der Waals surface area contributed by atoms with Gasteiger partial charge >= 0.3 is 0 Å². The SMILES string of the molecule is Cc1nc(N2CCN(C)CC2)cc(N2CCN(S(=O)(=O)Cc3cccc(Cl)c3)CC2)n1. The second-order valence-corrected chi connectivity index (χ2v) is 10.6. The molecule has 2 saturated heterocycles. The first-order chi connectivity index (χ1) is 14.8. The van der Waals surface area contributed by atoms with Crippen molar-refractivity contribution in [2.24, 2.45) is 0 Å². The first-order valence-electron chi connectivity index (χ1n) is 10.6. The van der Waals surface area contributed by atoms with Crippen LogP contribution < -0.4 is 9.80 Å². The number of piperazine rings is 2. The van der Waals surface area contributed by atoms with Gasteiger partial charge in [0.1, 0.15) is 17.5 Å². The van der Waals surface area contributed by atoms with Gasteiger partial charge in [0.15, 0.2) is 0 Å². The molecule has 10 heteroatoms. The number of hydrogen-bond acceptors (Lipinski definition) is 7. The Bertz CT molecular complexity index is 1020. The second kappa shape index (κ2) is 9.28. The van der Waals surface area contributed by atoms with Gasteiger partial charge in [-0.3, -0.25) is 0 Å². The molecule has 8 nitrogen and oxygen atoms in total. The summed E-state index contributed by atoms with van der Waals surface area (Å²) < 4.78 is 27.3. The first kappa shape index (κ1) is 22.3. The molecule has 168 valence electrons. The summed E-state index contributed by atoms with van der Waals surface area (Å²) >= 11 is 6.00. The zero-order chi connectivity index (χ0) is 22.0. The van der Waals surface area contributed by atoms with Crippen LogP contribution in [0.25, 0.3) is 0 Å². The van der Waals surface area contributed by atoms with Gasteiger partial charge in [-0.1, -0.05) is 23.7 Å². The lowest BCUT2D eigenvalue weighted by atomic mass is 10.2.